The monoisotopic (exact) mass is 349 g/mol. The summed E-state index contributed by atoms with van der Waals surface area (Å²) in [6.07, 6.45) is 4.32. The Kier molecular flexibility index (Phi) is 4.53. The fourth-order valence-corrected chi connectivity index (χ4v) is 4.62. The van der Waals surface area contributed by atoms with Crippen molar-refractivity contribution in [3.8, 4) is 0 Å². The summed E-state index contributed by atoms with van der Waals surface area (Å²) < 4.78 is 0. The molecule has 0 aromatic heterocycles. The molecule has 0 aliphatic heterocycles. The van der Waals surface area contributed by atoms with Gasteiger partial charge in [0, 0.05) is 16.0 Å². The summed E-state index contributed by atoms with van der Waals surface area (Å²) in [7, 11) is 0. The molecule has 0 N–H and O–H groups in total. The van der Waals surface area contributed by atoms with Crippen molar-refractivity contribution in [3.05, 3.63) is 65.7 Å². The number of hydrogen-bond donors (Lipinski definition) is 0. The Labute approximate surface area is 151 Å². The second-order valence-corrected chi connectivity index (χ2v) is 7.68. The van der Waals surface area contributed by atoms with Crippen LogP contribution in [0.2, 0.25) is 0 Å². The Morgan fingerprint density at radius 2 is 1.48 bits per heavy atom. The molecule has 1 fully saturated rings. The fraction of sp³-hybridized carbons (Fsp3) is 0.286. The number of thioether (sulfide) groups is 1. The molecule has 2 aromatic rings. The first-order valence-corrected chi connectivity index (χ1v) is 9.59. The number of hydrogen-bond acceptors (Lipinski definition) is 4. The number of benzene rings is 2. The molecular weight excluding hydrogens is 330 g/mol. The van der Waals surface area contributed by atoms with Gasteiger partial charge < -0.3 is 0 Å². The second-order valence-electron chi connectivity index (χ2n) is 6.50. The minimum Gasteiger partial charge on any atom is -0.292 e. The van der Waals surface area contributed by atoms with Crippen molar-refractivity contribution in [2.75, 3.05) is 0 Å². The third-order valence-corrected chi connectivity index (χ3v) is 6.02. The van der Waals surface area contributed by atoms with Crippen LogP contribution in [0.3, 0.4) is 0 Å². The van der Waals surface area contributed by atoms with E-state index in [9.17, 15) is 9.59 Å². The molecule has 0 saturated heterocycles. The highest BCUT2D eigenvalue weighted by Crippen LogP contribution is 2.33. The third kappa shape index (κ3) is 3.19. The van der Waals surface area contributed by atoms with Crippen LogP contribution in [-0.4, -0.2) is 28.6 Å². The van der Waals surface area contributed by atoms with Crippen LogP contribution >= 0.6 is 11.8 Å². The highest BCUT2D eigenvalue weighted by Gasteiger charge is 2.39. The summed E-state index contributed by atoms with van der Waals surface area (Å²) >= 11 is 1.43. The van der Waals surface area contributed by atoms with E-state index in [1.54, 1.807) is 12.1 Å². The van der Waals surface area contributed by atoms with E-state index in [4.69, 9.17) is 4.99 Å². The van der Waals surface area contributed by atoms with E-state index in [1.807, 2.05) is 42.5 Å². The SMILES string of the molecule is O=C1C(=NC2CCCC2)C(Sc2ccccc2)C(=O)c2ccccc21. The van der Waals surface area contributed by atoms with E-state index in [0.29, 0.717) is 16.8 Å². The highest BCUT2D eigenvalue weighted by molar-refractivity contribution is 8.01. The maximum Gasteiger partial charge on any atom is 0.209 e. The zero-order valence-electron chi connectivity index (χ0n) is 13.9. The lowest BCUT2D eigenvalue weighted by atomic mass is 9.87. The van der Waals surface area contributed by atoms with Gasteiger partial charge in [0.05, 0.1) is 6.04 Å². The van der Waals surface area contributed by atoms with Gasteiger partial charge in [0.2, 0.25) is 5.78 Å². The first-order valence-electron chi connectivity index (χ1n) is 8.71. The average Bonchev–Trinajstić information content (AvgIpc) is 3.16. The van der Waals surface area contributed by atoms with Crippen LogP contribution in [0.25, 0.3) is 0 Å². The Morgan fingerprint density at radius 1 is 0.840 bits per heavy atom. The number of aliphatic imine (C=N–C) groups is 1. The van der Waals surface area contributed by atoms with Crippen molar-refractivity contribution in [1.29, 1.82) is 0 Å². The van der Waals surface area contributed by atoms with Crippen LogP contribution in [-0.2, 0) is 0 Å². The van der Waals surface area contributed by atoms with Gasteiger partial charge in [-0.2, -0.15) is 0 Å². The Balaban J connectivity index is 1.77. The standard InChI is InChI=1S/C21H19NO2S/c23-19-16-12-6-7-13-17(16)20(24)21(25-15-10-2-1-3-11-15)18(19)22-14-8-4-5-9-14/h1-3,6-7,10-14,21H,4-5,8-9H2. The van der Waals surface area contributed by atoms with Gasteiger partial charge in [-0.1, -0.05) is 55.3 Å². The number of carbonyl (C=O) groups is 2. The van der Waals surface area contributed by atoms with E-state index in [1.165, 1.54) is 11.8 Å². The number of Topliss-reactive ketones (excluding diaryl/α,β-unsaturated/α-hetero) is 2. The van der Waals surface area contributed by atoms with Crippen LogP contribution in [0.1, 0.15) is 46.4 Å². The van der Waals surface area contributed by atoms with E-state index < -0.39 is 5.25 Å². The van der Waals surface area contributed by atoms with Gasteiger partial charge >= 0.3 is 0 Å². The largest absolute Gasteiger partial charge is 0.292 e. The topological polar surface area (TPSA) is 46.5 Å². The van der Waals surface area contributed by atoms with Gasteiger partial charge in [0.25, 0.3) is 0 Å². The summed E-state index contributed by atoms with van der Waals surface area (Å²) in [5.74, 6) is -0.101. The molecule has 3 nitrogen and oxygen atoms in total. The molecule has 1 atom stereocenters. The maximum atomic E-state index is 13.1. The first kappa shape index (κ1) is 16.3. The quantitative estimate of drug-likeness (QED) is 0.813. The summed E-state index contributed by atoms with van der Waals surface area (Å²) in [4.78, 5) is 31.9. The highest BCUT2D eigenvalue weighted by atomic mass is 32.2. The molecule has 0 heterocycles. The van der Waals surface area contributed by atoms with Crippen molar-refractivity contribution in [1.82, 2.24) is 0 Å². The summed E-state index contributed by atoms with van der Waals surface area (Å²) in [6.45, 7) is 0. The number of fused-ring (bicyclic) bond motifs is 1. The first-order chi connectivity index (χ1) is 12.2. The lowest BCUT2D eigenvalue weighted by Crippen LogP contribution is -2.40. The van der Waals surface area contributed by atoms with E-state index in [2.05, 4.69) is 0 Å². The molecule has 1 saturated carbocycles. The van der Waals surface area contributed by atoms with Gasteiger partial charge in [0.1, 0.15) is 11.0 Å². The zero-order valence-corrected chi connectivity index (χ0v) is 14.7. The predicted octanol–water partition coefficient (Wildman–Crippen LogP) is 4.61. The second kappa shape index (κ2) is 6.96. The molecule has 1 unspecified atom stereocenters. The van der Waals surface area contributed by atoms with E-state index in [0.717, 1.165) is 30.6 Å². The summed E-state index contributed by atoms with van der Waals surface area (Å²) in [6, 6.07) is 17.1. The number of rotatable bonds is 3. The van der Waals surface area contributed by atoms with Crippen LogP contribution in [0.15, 0.2) is 64.5 Å². The summed E-state index contributed by atoms with van der Waals surface area (Å²) in [5.41, 5.74) is 1.45. The average molecular weight is 349 g/mol. The van der Waals surface area contributed by atoms with Crippen molar-refractivity contribution >= 4 is 29.0 Å². The van der Waals surface area contributed by atoms with E-state index >= 15 is 0 Å². The molecular formula is C21H19NO2S. The molecule has 0 spiro atoms. The van der Waals surface area contributed by atoms with Crippen molar-refractivity contribution in [2.24, 2.45) is 4.99 Å². The van der Waals surface area contributed by atoms with Crippen LogP contribution in [0.5, 0.6) is 0 Å². The summed E-state index contributed by atoms with van der Waals surface area (Å²) in [5, 5.41) is -0.551. The third-order valence-electron chi connectivity index (χ3n) is 4.80. The van der Waals surface area contributed by atoms with Crippen LogP contribution < -0.4 is 0 Å². The van der Waals surface area contributed by atoms with Gasteiger partial charge in [0.15, 0.2) is 5.78 Å². The molecule has 2 aliphatic rings. The van der Waals surface area contributed by atoms with Gasteiger partial charge in [-0.3, -0.25) is 14.6 Å². The van der Waals surface area contributed by atoms with Crippen LogP contribution in [0, 0.1) is 0 Å². The number of ketones is 2. The molecule has 0 radical (unpaired) electrons. The molecule has 126 valence electrons. The molecule has 4 heteroatoms. The Bertz CT molecular complexity index is 838. The minimum atomic E-state index is -0.551. The molecule has 4 rings (SSSR count). The smallest absolute Gasteiger partial charge is 0.209 e. The lowest BCUT2D eigenvalue weighted by molar-refractivity contribution is 0.0969. The molecule has 0 amide bonds. The Morgan fingerprint density at radius 3 is 2.20 bits per heavy atom. The van der Waals surface area contributed by atoms with Crippen molar-refractivity contribution in [3.63, 3.8) is 0 Å². The normalized spacial score (nSPS) is 22.4. The lowest BCUT2D eigenvalue weighted by Gasteiger charge is -2.25. The molecule has 0 bridgehead atoms. The maximum absolute atomic E-state index is 13.1. The van der Waals surface area contributed by atoms with Gasteiger partial charge in [-0.05, 0) is 25.0 Å². The van der Waals surface area contributed by atoms with Crippen molar-refractivity contribution < 1.29 is 9.59 Å². The van der Waals surface area contributed by atoms with Gasteiger partial charge in [-0.15, -0.1) is 11.8 Å². The minimum absolute atomic E-state index is 0.0131. The zero-order chi connectivity index (χ0) is 17.2. The fourth-order valence-electron chi connectivity index (χ4n) is 3.52. The molecule has 25 heavy (non-hydrogen) atoms. The van der Waals surface area contributed by atoms with E-state index in [-0.39, 0.29) is 17.6 Å². The Hall–Kier alpha value is -2.20. The number of nitrogens with zero attached hydrogens (tertiary/aromatic N) is 1. The van der Waals surface area contributed by atoms with Crippen LogP contribution in [0.4, 0.5) is 0 Å². The number of carbonyl (C=O) groups excluding carboxylic acids is 2. The molecule has 2 aromatic carbocycles. The molecule has 2 aliphatic carbocycles. The van der Waals surface area contributed by atoms with Gasteiger partial charge in [-0.25, -0.2) is 0 Å². The predicted molar refractivity (Wildman–Crippen MR) is 101 cm³/mol. The van der Waals surface area contributed by atoms with Crippen molar-refractivity contribution in [2.45, 2.75) is 41.9 Å².